The van der Waals surface area contributed by atoms with Gasteiger partial charge in [0.1, 0.15) is 12.1 Å². The molecule has 0 unspecified atom stereocenters. The van der Waals surface area contributed by atoms with Crippen LogP contribution in [0.3, 0.4) is 0 Å². The van der Waals surface area contributed by atoms with Crippen LogP contribution in [0, 0.1) is 0 Å². The lowest BCUT2D eigenvalue weighted by Gasteiger charge is -2.24. The lowest BCUT2D eigenvalue weighted by Crippen LogP contribution is -2.40. The molecule has 6 nitrogen and oxygen atoms in total. The number of hydrogen-bond acceptors (Lipinski definition) is 4. The fourth-order valence-electron chi connectivity index (χ4n) is 2.52. The third-order valence-electron chi connectivity index (χ3n) is 3.64. The van der Waals surface area contributed by atoms with Gasteiger partial charge in [-0.2, -0.15) is 0 Å². The summed E-state index contributed by atoms with van der Waals surface area (Å²) >= 11 is 0. The molecule has 0 aromatic carbocycles. The molecule has 0 bridgehead atoms. The third-order valence-corrected chi connectivity index (χ3v) is 3.64. The second kappa shape index (κ2) is 7.06. The SMILES string of the molecule is CN(C)C(=O)N(CC=O)c1ccc(NC2CCCC2)nc1. The Labute approximate surface area is 125 Å². The van der Waals surface area contributed by atoms with Crippen LogP contribution in [0.15, 0.2) is 18.3 Å². The van der Waals surface area contributed by atoms with Crippen molar-refractivity contribution < 1.29 is 9.59 Å². The fourth-order valence-corrected chi connectivity index (χ4v) is 2.52. The molecule has 0 atom stereocenters. The average molecular weight is 290 g/mol. The maximum atomic E-state index is 12.0. The molecule has 0 radical (unpaired) electrons. The van der Waals surface area contributed by atoms with Gasteiger partial charge in [-0.25, -0.2) is 9.78 Å². The molecule has 1 saturated carbocycles. The summed E-state index contributed by atoms with van der Waals surface area (Å²) in [6, 6.07) is 3.93. The molecule has 1 aromatic rings. The number of pyridine rings is 1. The number of nitrogens with zero attached hydrogens (tertiary/aromatic N) is 3. The number of aromatic nitrogens is 1. The van der Waals surface area contributed by atoms with Gasteiger partial charge in [0.05, 0.1) is 18.4 Å². The van der Waals surface area contributed by atoms with Crippen molar-refractivity contribution in [1.29, 1.82) is 0 Å². The van der Waals surface area contributed by atoms with E-state index < -0.39 is 0 Å². The Morgan fingerprint density at radius 2 is 2.10 bits per heavy atom. The van der Waals surface area contributed by atoms with Gasteiger partial charge >= 0.3 is 6.03 Å². The number of carbonyl (C=O) groups excluding carboxylic acids is 2. The monoisotopic (exact) mass is 290 g/mol. The highest BCUT2D eigenvalue weighted by Gasteiger charge is 2.18. The summed E-state index contributed by atoms with van der Waals surface area (Å²) < 4.78 is 0. The quantitative estimate of drug-likeness (QED) is 0.844. The highest BCUT2D eigenvalue weighted by Crippen LogP contribution is 2.22. The maximum Gasteiger partial charge on any atom is 0.324 e. The molecule has 1 aliphatic carbocycles. The van der Waals surface area contributed by atoms with Gasteiger partial charge in [-0.05, 0) is 25.0 Å². The molecular formula is C15H22N4O2. The molecule has 1 N–H and O–H groups in total. The Morgan fingerprint density at radius 3 is 2.62 bits per heavy atom. The van der Waals surface area contributed by atoms with Gasteiger partial charge < -0.3 is 15.0 Å². The van der Waals surface area contributed by atoms with Crippen LogP contribution in [-0.4, -0.2) is 48.9 Å². The molecule has 2 amide bonds. The number of anilines is 2. The Hall–Kier alpha value is -2.11. The van der Waals surface area contributed by atoms with Crippen LogP contribution >= 0.6 is 0 Å². The van der Waals surface area contributed by atoms with E-state index in [1.54, 1.807) is 20.3 Å². The summed E-state index contributed by atoms with van der Waals surface area (Å²) in [6.45, 7) is 0.0219. The second-order valence-corrected chi connectivity index (χ2v) is 5.48. The molecule has 1 aliphatic rings. The van der Waals surface area contributed by atoms with Crippen molar-refractivity contribution in [1.82, 2.24) is 9.88 Å². The van der Waals surface area contributed by atoms with E-state index in [1.807, 2.05) is 12.1 Å². The number of nitrogens with one attached hydrogen (secondary N) is 1. The summed E-state index contributed by atoms with van der Waals surface area (Å²) in [4.78, 5) is 30.0. The minimum absolute atomic E-state index is 0.0219. The van der Waals surface area contributed by atoms with E-state index in [9.17, 15) is 9.59 Å². The molecule has 0 spiro atoms. The highest BCUT2D eigenvalue weighted by atomic mass is 16.2. The van der Waals surface area contributed by atoms with E-state index >= 15 is 0 Å². The second-order valence-electron chi connectivity index (χ2n) is 5.48. The van der Waals surface area contributed by atoms with Crippen molar-refractivity contribution in [3.05, 3.63) is 18.3 Å². The zero-order valence-corrected chi connectivity index (χ0v) is 12.6. The highest BCUT2D eigenvalue weighted by molar-refractivity contribution is 5.94. The minimum atomic E-state index is -0.236. The minimum Gasteiger partial charge on any atom is -0.367 e. The smallest absolute Gasteiger partial charge is 0.324 e. The van der Waals surface area contributed by atoms with Crippen LogP contribution in [0.4, 0.5) is 16.3 Å². The molecule has 1 heterocycles. The van der Waals surface area contributed by atoms with Gasteiger partial charge in [0, 0.05) is 20.1 Å². The van der Waals surface area contributed by atoms with Gasteiger partial charge in [0.15, 0.2) is 0 Å². The first-order chi connectivity index (χ1) is 10.1. The van der Waals surface area contributed by atoms with Crippen molar-refractivity contribution in [3.8, 4) is 0 Å². The third kappa shape index (κ3) is 3.93. The number of aldehydes is 1. The molecule has 21 heavy (non-hydrogen) atoms. The van der Waals surface area contributed by atoms with Gasteiger partial charge in [-0.1, -0.05) is 12.8 Å². The van der Waals surface area contributed by atoms with E-state index in [0.717, 1.165) is 5.82 Å². The van der Waals surface area contributed by atoms with Crippen molar-refractivity contribution in [2.45, 2.75) is 31.7 Å². The predicted molar refractivity (Wildman–Crippen MR) is 82.6 cm³/mol. The number of rotatable bonds is 5. The van der Waals surface area contributed by atoms with Crippen molar-refractivity contribution in [2.24, 2.45) is 0 Å². The van der Waals surface area contributed by atoms with Gasteiger partial charge in [0.2, 0.25) is 0 Å². The topological polar surface area (TPSA) is 65.5 Å². The Kier molecular flexibility index (Phi) is 5.14. The number of carbonyl (C=O) groups is 2. The van der Waals surface area contributed by atoms with E-state index in [2.05, 4.69) is 10.3 Å². The first-order valence-corrected chi connectivity index (χ1v) is 7.27. The Balaban J connectivity index is 2.07. The van der Waals surface area contributed by atoms with Crippen molar-refractivity contribution >= 4 is 23.8 Å². The van der Waals surface area contributed by atoms with Crippen molar-refractivity contribution in [3.63, 3.8) is 0 Å². The maximum absolute atomic E-state index is 12.0. The van der Waals surface area contributed by atoms with Gasteiger partial charge in [-0.15, -0.1) is 0 Å². The predicted octanol–water partition coefficient (Wildman–Crippen LogP) is 2.12. The molecule has 0 saturated heterocycles. The fraction of sp³-hybridized carbons (Fsp3) is 0.533. The number of amides is 2. The molecule has 2 rings (SSSR count). The first kappa shape index (κ1) is 15.3. The normalized spacial score (nSPS) is 14.8. The molecule has 114 valence electrons. The van der Waals surface area contributed by atoms with Gasteiger partial charge in [-0.3, -0.25) is 4.90 Å². The van der Waals surface area contributed by atoms with E-state index in [4.69, 9.17) is 0 Å². The van der Waals surface area contributed by atoms with Gasteiger partial charge in [0.25, 0.3) is 0 Å². The lowest BCUT2D eigenvalue weighted by molar-refractivity contribution is -0.106. The summed E-state index contributed by atoms with van der Waals surface area (Å²) in [5.41, 5.74) is 0.623. The first-order valence-electron chi connectivity index (χ1n) is 7.27. The Morgan fingerprint density at radius 1 is 1.38 bits per heavy atom. The lowest BCUT2D eigenvalue weighted by atomic mass is 10.2. The zero-order chi connectivity index (χ0) is 15.2. The largest absolute Gasteiger partial charge is 0.367 e. The van der Waals surface area contributed by atoms with Crippen LogP contribution in [-0.2, 0) is 4.79 Å². The molecule has 1 fully saturated rings. The molecule has 0 aliphatic heterocycles. The van der Waals surface area contributed by atoms with E-state index in [-0.39, 0.29) is 12.6 Å². The van der Waals surface area contributed by atoms with Crippen LogP contribution in [0.25, 0.3) is 0 Å². The zero-order valence-electron chi connectivity index (χ0n) is 12.6. The standard InChI is InChI=1S/C15H22N4O2/c1-18(2)15(21)19(9-10-20)13-7-8-14(16-11-13)17-12-5-3-4-6-12/h7-8,10-12H,3-6,9H2,1-2H3,(H,16,17). The average Bonchev–Trinajstić information content (AvgIpc) is 2.98. The summed E-state index contributed by atoms with van der Waals surface area (Å²) in [7, 11) is 3.31. The van der Waals surface area contributed by atoms with Crippen molar-refractivity contribution in [2.75, 3.05) is 30.9 Å². The van der Waals surface area contributed by atoms with Crippen LogP contribution < -0.4 is 10.2 Å². The number of urea groups is 1. The van der Waals surface area contributed by atoms with Crippen LogP contribution in [0.2, 0.25) is 0 Å². The molecule has 1 aromatic heterocycles. The van der Waals surface area contributed by atoms with Crippen LogP contribution in [0.1, 0.15) is 25.7 Å². The molecular weight excluding hydrogens is 268 g/mol. The van der Waals surface area contributed by atoms with Crippen LogP contribution in [0.5, 0.6) is 0 Å². The summed E-state index contributed by atoms with van der Waals surface area (Å²) in [5, 5.41) is 3.40. The van der Waals surface area contributed by atoms with E-state index in [0.29, 0.717) is 18.0 Å². The van der Waals surface area contributed by atoms with E-state index in [1.165, 1.54) is 35.5 Å². The Bertz CT molecular complexity index is 481. The summed E-state index contributed by atoms with van der Waals surface area (Å²) in [6.07, 6.45) is 7.23. The molecule has 6 heteroatoms. The number of hydrogen-bond donors (Lipinski definition) is 1. The summed E-state index contributed by atoms with van der Waals surface area (Å²) in [5.74, 6) is 0.814.